The molecule has 0 aliphatic carbocycles. The Bertz CT molecular complexity index is 4600. The van der Waals surface area contributed by atoms with Crippen LogP contribution in [0.15, 0.2) is 227 Å². The van der Waals surface area contributed by atoms with Gasteiger partial charge in [0.25, 0.3) is 0 Å². The van der Waals surface area contributed by atoms with Crippen LogP contribution in [-0.2, 0) is 0 Å². The lowest BCUT2D eigenvalue weighted by Gasteiger charge is -2.11. The molecule has 0 bridgehead atoms. The van der Waals surface area contributed by atoms with E-state index in [2.05, 4.69) is 193 Å². The maximum Gasteiger partial charge on any atom is 0.164 e. The average Bonchev–Trinajstić information content (AvgIpc) is 4.09. The van der Waals surface area contributed by atoms with Gasteiger partial charge in [0.05, 0.1) is 11.0 Å². The summed E-state index contributed by atoms with van der Waals surface area (Å²) in [5, 5.41) is 13.7. The zero-order valence-corrected chi connectivity index (χ0v) is 36.9. The summed E-state index contributed by atoms with van der Waals surface area (Å²) < 4.78 is 15.6. The van der Waals surface area contributed by atoms with Crippen molar-refractivity contribution in [1.29, 1.82) is 0 Å². The molecule has 4 aromatic heterocycles. The topological polar surface area (TPSA) is 69.9 Å². The van der Waals surface area contributed by atoms with E-state index in [0.29, 0.717) is 17.5 Å². The second-order valence-electron chi connectivity index (χ2n) is 18.0. The number of rotatable bonds is 5. The third kappa shape index (κ3) is 5.89. The maximum atomic E-state index is 6.82. The highest BCUT2D eigenvalue weighted by molar-refractivity contribution is 6.22. The minimum atomic E-state index is 0.565. The molecule has 0 amide bonds. The van der Waals surface area contributed by atoms with E-state index in [0.717, 1.165) is 93.7 Å². The number of nitrogens with zero attached hydrogens (tertiary/aromatic N) is 4. The van der Waals surface area contributed by atoms with E-state index in [1.165, 1.54) is 37.8 Å². The molecule has 15 aromatic rings. The van der Waals surface area contributed by atoms with Crippen molar-refractivity contribution < 1.29 is 8.83 Å². The van der Waals surface area contributed by atoms with Crippen molar-refractivity contribution in [2.24, 2.45) is 0 Å². The molecule has 0 saturated heterocycles. The van der Waals surface area contributed by atoms with E-state index in [9.17, 15) is 0 Å². The van der Waals surface area contributed by atoms with Gasteiger partial charge in [-0.2, -0.15) is 0 Å². The lowest BCUT2D eigenvalue weighted by molar-refractivity contribution is 0.668. The molecule has 320 valence electrons. The van der Waals surface area contributed by atoms with Crippen LogP contribution in [0.5, 0.6) is 0 Å². The number of aromatic nitrogens is 4. The molecule has 6 heteroatoms. The van der Waals surface area contributed by atoms with Crippen LogP contribution in [0.1, 0.15) is 0 Å². The third-order valence-electron chi connectivity index (χ3n) is 14.0. The van der Waals surface area contributed by atoms with Crippen molar-refractivity contribution in [3.8, 4) is 51.0 Å². The molecule has 0 spiro atoms. The number of hydrogen-bond acceptors (Lipinski definition) is 5. The first-order chi connectivity index (χ1) is 34.1. The van der Waals surface area contributed by atoms with Gasteiger partial charge in [-0.25, -0.2) is 15.0 Å². The molecule has 0 fully saturated rings. The van der Waals surface area contributed by atoms with Gasteiger partial charge in [0, 0.05) is 66.1 Å². The Balaban J connectivity index is 0.902. The van der Waals surface area contributed by atoms with Gasteiger partial charge in [-0.3, -0.25) is 0 Å². The van der Waals surface area contributed by atoms with Gasteiger partial charge < -0.3 is 13.4 Å². The molecule has 15 rings (SSSR count). The Morgan fingerprint density at radius 3 is 1.68 bits per heavy atom. The number of hydrogen-bond donors (Lipinski definition) is 0. The van der Waals surface area contributed by atoms with Gasteiger partial charge in [-0.05, 0) is 92.7 Å². The zero-order chi connectivity index (χ0) is 45.2. The van der Waals surface area contributed by atoms with Crippen molar-refractivity contribution in [2.45, 2.75) is 0 Å². The summed E-state index contributed by atoms with van der Waals surface area (Å²) in [4.78, 5) is 15.5. The smallest absolute Gasteiger partial charge is 0.164 e. The molecule has 0 saturated carbocycles. The molecule has 11 aromatic carbocycles. The summed E-state index contributed by atoms with van der Waals surface area (Å²) in [5.74, 6) is 1.73. The highest BCUT2D eigenvalue weighted by Gasteiger charge is 2.20. The van der Waals surface area contributed by atoms with E-state index >= 15 is 0 Å². The van der Waals surface area contributed by atoms with E-state index in [1.807, 2.05) is 30.3 Å². The summed E-state index contributed by atoms with van der Waals surface area (Å²) >= 11 is 0. The molecule has 6 nitrogen and oxygen atoms in total. The van der Waals surface area contributed by atoms with E-state index in [4.69, 9.17) is 23.8 Å². The molecule has 0 radical (unpaired) electrons. The van der Waals surface area contributed by atoms with Gasteiger partial charge in [0.15, 0.2) is 17.5 Å². The summed E-state index contributed by atoms with van der Waals surface area (Å²) in [7, 11) is 0. The monoisotopic (exact) mass is 880 g/mol. The molecular formula is C63H36N4O2. The molecule has 69 heavy (non-hydrogen) atoms. The SMILES string of the molecule is c1ccc(-c2ccc(-c3nc(-c4ccc5c(c4)oc4ccccc45)nc(-c4ccc5ccc6oc7cc(-n8c9cc%10ccccc%10cc9c9ccc%10ccccc%10c98)ccc7c6c5c4)n3)cc2)cc1. The van der Waals surface area contributed by atoms with Crippen LogP contribution in [0.25, 0.3) is 149 Å². The molecule has 0 atom stereocenters. The van der Waals surface area contributed by atoms with Crippen molar-refractivity contribution in [2.75, 3.05) is 0 Å². The summed E-state index contributed by atoms with van der Waals surface area (Å²) in [6, 6.07) is 77.0. The Hall–Kier alpha value is -9.39. The highest BCUT2D eigenvalue weighted by Crippen LogP contribution is 2.42. The normalized spacial score (nSPS) is 12.1. The number of benzene rings is 11. The average molecular weight is 881 g/mol. The third-order valence-corrected chi connectivity index (χ3v) is 14.0. The molecule has 0 aliphatic heterocycles. The van der Waals surface area contributed by atoms with Crippen LogP contribution < -0.4 is 0 Å². The van der Waals surface area contributed by atoms with Gasteiger partial charge in [0.2, 0.25) is 0 Å². The second-order valence-corrected chi connectivity index (χ2v) is 18.0. The van der Waals surface area contributed by atoms with Gasteiger partial charge in [-0.15, -0.1) is 0 Å². The van der Waals surface area contributed by atoms with Crippen LogP contribution in [0.2, 0.25) is 0 Å². The van der Waals surface area contributed by atoms with Crippen LogP contribution in [0.3, 0.4) is 0 Å². The molecule has 4 heterocycles. The summed E-state index contributed by atoms with van der Waals surface area (Å²) in [6.45, 7) is 0. The van der Waals surface area contributed by atoms with Gasteiger partial charge in [0.1, 0.15) is 22.3 Å². The number of fused-ring (bicyclic) bond motifs is 14. The Morgan fingerprint density at radius 1 is 0.290 bits per heavy atom. The first-order valence-electron chi connectivity index (χ1n) is 23.2. The van der Waals surface area contributed by atoms with Crippen LogP contribution >= 0.6 is 0 Å². The van der Waals surface area contributed by atoms with E-state index in [1.54, 1.807) is 0 Å². The Kier molecular flexibility index (Phi) is 7.97. The van der Waals surface area contributed by atoms with Gasteiger partial charge >= 0.3 is 0 Å². The van der Waals surface area contributed by atoms with Crippen LogP contribution in [0, 0.1) is 0 Å². The first kappa shape index (κ1) is 37.8. The zero-order valence-electron chi connectivity index (χ0n) is 36.9. The van der Waals surface area contributed by atoms with E-state index in [-0.39, 0.29) is 0 Å². The van der Waals surface area contributed by atoms with Crippen molar-refractivity contribution in [3.05, 3.63) is 218 Å². The fourth-order valence-electron chi connectivity index (χ4n) is 10.7. The van der Waals surface area contributed by atoms with Crippen LogP contribution in [-0.4, -0.2) is 19.5 Å². The minimum absolute atomic E-state index is 0.565. The highest BCUT2D eigenvalue weighted by atomic mass is 16.3. The lowest BCUT2D eigenvalue weighted by atomic mass is 10.0. The van der Waals surface area contributed by atoms with E-state index < -0.39 is 0 Å². The number of furan rings is 2. The first-order valence-corrected chi connectivity index (χ1v) is 23.2. The Labute approximate surface area is 394 Å². The van der Waals surface area contributed by atoms with Gasteiger partial charge in [-0.1, -0.05) is 158 Å². The quantitative estimate of drug-likeness (QED) is 0.172. The lowest BCUT2D eigenvalue weighted by Crippen LogP contribution is -2.00. The van der Waals surface area contributed by atoms with Crippen molar-refractivity contribution in [3.63, 3.8) is 0 Å². The maximum absolute atomic E-state index is 6.82. The fourth-order valence-corrected chi connectivity index (χ4v) is 10.7. The summed E-state index contributed by atoms with van der Waals surface area (Å²) in [5.41, 5.74) is 11.6. The fraction of sp³-hybridized carbons (Fsp3) is 0. The molecular weight excluding hydrogens is 845 g/mol. The van der Waals surface area contributed by atoms with Crippen molar-refractivity contribution in [1.82, 2.24) is 19.5 Å². The molecule has 0 unspecified atom stereocenters. The van der Waals surface area contributed by atoms with Crippen LogP contribution in [0.4, 0.5) is 0 Å². The second kappa shape index (κ2) is 14.6. The molecule has 0 aliphatic rings. The Morgan fingerprint density at radius 2 is 0.841 bits per heavy atom. The predicted octanol–water partition coefficient (Wildman–Crippen LogP) is 16.9. The largest absolute Gasteiger partial charge is 0.456 e. The minimum Gasteiger partial charge on any atom is -0.456 e. The predicted molar refractivity (Wildman–Crippen MR) is 283 cm³/mol. The van der Waals surface area contributed by atoms with Crippen molar-refractivity contribution >= 4 is 98.0 Å². The summed E-state index contributed by atoms with van der Waals surface area (Å²) in [6.07, 6.45) is 0. The number of para-hydroxylation sites is 1. The molecule has 0 N–H and O–H groups in total. The standard InChI is InChI=1S/C63H36N4O2/c1-2-10-37(11-3-1)38-18-21-41(22-19-38)61-64-62(66-63(65-61)45-25-28-49-48-16-8-9-17-55(48)68-57(49)35-45)44-23-20-40-26-31-56-59(52(40)33-44)51-30-27-46(36-58(51)69-56)67-54-34-43-14-5-4-13-42(43)32-53(54)50-29-24-39-12-6-7-15-47(39)60(50)67/h1-36H.